The van der Waals surface area contributed by atoms with Crippen molar-refractivity contribution in [2.45, 2.75) is 6.42 Å². The van der Waals surface area contributed by atoms with E-state index in [4.69, 9.17) is 14.2 Å². The summed E-state index contributed by atoms with van der Waals surface area (Å²) in [6.07, 6.45) is 0.167. The van der Waals surface area contributed by atoms with Gasteiger partial charge in [-0.2, -0.15) is 0 Å². The summed E-state index contributed by atoms with van der Waals surface area (Å²) in [7, 11) is 4.54. The average Bonchev–Trinajstić information content (AvgIpc) is 2.63. The summed E-state index contributed by atoms with van der Waals surface area (Å²) < 4.78 is 15.2. The molecule has 0 heterocycles. The molecule has 0 radical (unpaired) electrons. The van der Waals surface area contributed by atoms with Gasteiger partial charge in [0.1, 0.15) is 18.1 Å². The van der Waals surface area contributed by atoms with Crippen molar-refractivity contribution in [1.29, 1.82) is 0 Å². The van der Waals surface area contributed by atoms with Gasteiger partial charge in [-0.15, -0.1) is 0 Å². The maximum absolute atomic E-state index is 12.4. The fourth-order valence-corrected chi connectivity index (χ4v) is 2.34. The highest BCUT2D eigenvalue weighted by Crippen LogP contribution is 2.27. The molecule has 138 valence electrons. The predicted molar refractivity (Wildman–Crippen MR) is 98.8 cm³/mol. The van der Waals surface area contributed by atoms with Crippen molar-refractivity contribution in [2.75, 3.05) is 38.6 Å². The van der Waals surface area contributed by atoms with Gasteiger partial charge in [0, 0.05) is 13.2 Å². The maximum Gasteiger partial charge on any atom is 0.250 e. The Balaban J connectivity index is 2.14. The Morgan fingerprint density at radius 1 is 0.846 bits per heavy atom. The topological polar surface area (TPSA) is 85.9 Å². The van der Waals surface area contributed by atoms with Crippen LogP contribution in [0, 0.1) is 0 Å². The first-order valence-electron chi connectivity index (χ1n) is 7.95. The molecule has 2 aromatic carbocycles. The second-order valence-corrected chi connectivity index (χ2v) is 5.47. The van der Waals surface area contributed by atoms with Crippen LogP contribution in [0.4, 0.5) is 11.4 Å². The highest BCUT2D eigenvalue weighted by molar-refractivity contribution is 6.00. The summed E-state index contributed by atoms with van der Waals surface area (Å²) in [6.45, 7) is -0.0801. The standard InChI is InChI=1S/C19H22N2O5/c1-24-12-19(23)20-16-8-7-15(26-3)11-17(16)21-18(22)10-13-5-4-6-14(9-13)25-2/h4-9,11H,10,12H2,1-3H3,(H,20,23)(H,21,22). The molecule has 7 heteroatoms. The number of rotatable bonds is 8. The summed E-state index contributed by atoms with van der Waals surface area (Å²) in [5.74, 6) is 0.699. The van der Waals surface area contributed by atoms with E-state index in [2.05, 4.69) is 10.6 Å². The van der Waals surface area contributed by atoms with Crippen molar-refractivity contribution in [3.8, 4) is 11.5 Å². The van der Waals surface area contributed by atoms with Gasteiger partial charge >= 0.3 is 0 Å². The van der Waals surface area contributed by atoms with E-state index in [1.54, 1.807) is 31.4 Å². The molecule has 2 rings (SSSR count). The molecule has 0 saturated heterocycles. The van der Waals surface area contributed by atoms with Crippen molar-refractivity contribution in [2.24, 2.45) is 0 Å². The monoisotopic (exact) mass is 358 g/mol. The van der Waals surface area contributed by atoms with Crippen molar-refractivity contribution < 1.29 is 23.8 Å². The molecule has 0 atom stereocenters. The first-order valence-corrected chi connectivity index (χ1v) is 7.95. The number of anilines is 2. The van der Waals surface area contributed by atoms with Crippen molar-refractivity contribution in [1.82, 2.24) is 0 Å². The van der Waals surface area contributed by atoms with Gasteiger partial charge in [-0.3, -0.25) is 9.59 Å². The highest BCUT2D eigenvalue weighted by atomic mass is 16.5. The van der Waals surface area contributed by atoms with Crippen LogP contribution in [0.25, 0.3) is 0 Å². The predicted octanol–water partition coefficient (Wildman–Crippen LogP) is 2.47. The minimum absolute atomic E-state index is 0.0801. The fraction of sp³-hybridized carbons (Fsp3) is 0.263. The van der Waals surface area contributed by atoms with Crippen LogP contribution in [0.2, 0.25) is 0 Å². The number of nitrogens with one attached hydrogen (secondary N) is 2. The fourth-order valence-electron chi connectivity index (χ4n) is 2.34. The van der Waals surface area contributed by atoms with Crippen LogP contribution in [-0.4, -0.2) is 39.8 Å². The summed E-state index contributed by atoms with van der Waals surface area (Å²) in [5, 5.41) is 5.50. The Morgan fingerprint density at radius 3 is 2.23 bits per heavy atom. The third kappa shape index (κ3) is 5.49. The molecule has 0 bridgehead atoms. The Hall–Kier alpha value is -3.06. The van der Waals surface area contributed by atoms with Crippen LogP contribution in [-0.2, 0) is 20.7 Å². The zero-order chi connectivity index (χ0) is 18.9. The molecule has 0 spiro atoms. The second kappa shape index (κ2) is 9.43. The molecule has 2 N–H and O–H groups in total. The molecule has 2 amide bonds. The molecule has 0 aliphatic heterocycles. The zero-order valence-electron chi connectivity index (χ0n) is 15.0. The van der Waals surface area contributed by atoms with Crippen molar-refractivity contribution >= 4 is 23.2 Å². The van der Waals surface area contributed by atoms with Gasteiger partial charge in [0.15, 0.2) is 0 Å². The van der Waals surface area contributed by atoms with Gasteiger partial charge in [-0.05, 0) is 29.8 Å². The molecule has 7 nitrogen and oxygen atoms in total. The highest BCUT2D eigenvalue weighted by Gasteiger charge is 2.12. The molecule has 0 unspecified atom stereocenters. The Morgan fingerprint density at radius 2 is 1.54 bits per heavy atom. The van der Waals surface area contributed by atoms with Crippen molar-refractivity contribution in [3.63, 3.8) is 0 Å². The van der Waals surface area contributed by atoms with Crippen LogP contribution < -0.4 is 20.1 Å². The molecule has 2 aromatic rings. The number of hydrogen-bond acceptors (Lipinski definition) is 5. The lowest BCUT2D eigenvalue weighted by Gasteiger charge is -2.14. The first-order chi connectivity index (χ1) is 12.5. The van der Waals surface area contributed by atoms with E-state index in [0.717, 1.165) is 5.56 Å². The van der Waals surface area contributed by atoms with Gasteiger partial charge in [0.25, 0.3) is 0 Å². The number of carbonyl (C=O) groups is 2. The SMILES string of the molecule is COCC(=O)Nc1ccc(OC)cc1NC(=O)Cc1cccc(OC)c1. The van der Waals surface area contributed by atoms with E-state index in [-0.39, 0.29) is 24.8 Å². The van der Waals surface area contributed by atoms with Crippen LogP contribution in [0.5, 0.6) is 11.5 Å². The van der Waals surface area contributed by atoms with Gasteiger partial charge < -0.3 is 24.8 Å². The average molecular weight is 358 g/mol. The van der Waals surface area contributed by atoms with Crippen molar-refractivity contribution in [3.05, 3.63) is 48.0 Å². The zero-order valence-corrected chi connectivity index (χ0v) is 15.0. The molecule has 0 aromatic heterocycles. The lowest BCUT2D eigenvalue weighted by Crippen LogP contribution is -2.20. The van der Waals surface area contributed by atoms with E-state index >= 15 is 0 Å². The molecule has 0 fully saturated rings. The summed E-state index contributed by atoms with van der Waals surface area (Å²) in [6, 6.07) is 12.3. The maximum atomic E-state index is 12.4. The number of ether oxygens (including phenoxy) is 3. The van der Waals surface area contributed by atoms with Crippen LogP contribution >= 0.6 is 0 Å². The summed E-state index contributed by atoms with van der Waals surface area (Å²) >= 11 is 0. The van der Waals surface area contributed by atoms with Crippen LogP contribution in [0.3, 0.4) is 0 Å². The van der Waals surface area contributed by atoms with Gasteiger partial charge in [0.05, 0.1) is 32.0 Å². The van der Waals surface area contributed by atoms with E-state index < -0.39 is 0 Å². The van der Waals surface area contributed by atoms with Gasteiger partial charge in [-0.25, -0.2) is 0 Å². The van der Waals surface area contributed by atoms with Gasteiger partial charge in [0.2, 0.25) is 11.8 Å². The molecular weight excluding hydrogens is 336 g/mol. The third-order valence-corrected chi connectivity index (χ3v) is 3.55. The molecule has 26 heavy (non-hydrogen) atoms. The summed E-state index contributed by atoms with van der Waals surface area (Å²) in [5.41, 5.74) is 1.73. The van der Waals surface area contributed by atoms with Crippen LogP contribution in [0.1, 0.15) is 5.56 Å². The summed E-state index contributed by atoms with van der Waals surface area (Å²) in [4.78, 5) is 24.2. The molecule has 0 saturated carbocycles. The normalized spacial score (nSPS) is 10.1. The lowest BCUT2D eigenvalue weighted by molar-refractivity contribution is -0.119. The minimum Gasteiger partial charge on any atom is -0.497 e. The van der Waals surface area contributed by atoms with E-state index in [1.807, 2.05) is 18.2 Å². The largest absolute Gasteiger partial charge is 0.497 e. The van der Waals surface area contributed by atoms with E-state index in [0.29, 0.717) is 22.9 Å². The minimum atomic E-state index is -0.319. The molecular formula is C19H22N2O5. The Labute approximate surface area is 152 Å². The number of methoxy groups -OCH3 is 3. The first kappa shape index (κ1) is 19.3. The number of benzene rings is 2. The molecule has 0 aliphatic rings. The van der Waals surface area contributed by atoms with Gasteiger partial charge in [-0.1, -0.05) is 12.1 Å². The quantitative estimate of drug-likeness (QED) is 0.757. The van der Waals surface area contributed by atoms with E-state index in [9.17, 15) is 9.59 Å². The number of hydrogen-bond donors (Lipinski definition) is 2. The van der Waals surface area contributed by atoms with E-state index in [1.165, 1.54) is 14.2 Å². The number of amides is 2. The lowest BCUT2D eigenvalue weighted by atomic mass is 10.1. The second-order valence-electron chi connectivity index (χ2n) is 5.47. The Bertz CT molecular complexity index is 776. The van der Waals surface area contributed by atoms with Crippen LogP contribution in [0.15, 0.2) is 42.5 Å². The Kier molecular flexibility index (Phi) is 6.99. The third-order valence-electron chi connectivity index (χ3n) is 3.55. The molecule has 0 aliphatic carbocycles. The smallest absolute Gasteiger partial charge is 0.250 e. The number of carbonyl (C=O) groups excluding carboxylic acids is 2.